The first kappa shape index (κ1) is 10.9. The molecule has 3 N–H and O–H groups in total. The second-order valence-electron chi connectivity index (χ2n) is 3.34. The summed E-state index contributed by atoms with van der Waals surface area (Å²) in [7, 11) is 0. The van der Waals surface area contributed by atoms with Gasteiger partial charge >= 0.3 is 5.97 Å². The van der Waals surface area contributed by atoms with Crippen molar-refractivity contribution in [3.05, 3.63) is 34.9 Å². The molecule has 5 nitrogen and oxygen atoms in total. The van der Waals surface area contributed by atoms with E-state index in [1.54, 1.807) is 10.5 Å². The number of nitrogens with zero attached hydrogens (tertiary/aromatic N) is 2. The Morgan fingerprint density at radius 1 is 1.56 bits per heavy atom. The van der Waals surface area contributed by atoms with Crippen molar-refractivity contribution >= 4 is 23.1 Å². The van der Waals surface area contributed by atoms with Gasteiger partial charge in [0.2, 0.25) is 0 Å². The van der Waals surface area contributed by atoms with Gasteiger partial charge in [-0.05, 0) is 18.7 Å². The number of halogens is 1. The van der Waals surface area contributed by atoms with Gasteiger partial charge in [0, 0.05) is 12.6 Å². The highest BCUT2D eigenvalue weighted by Crippen LogP contribution is 2.19. The van der Waals surface area contributed by atoms with Crippen molar-refractivity contribution in [1.82, 2.24) is 9.38 Å². The average molecular weight is 240 g/mol. The Bertz CT molecular complexity index is 550. The average Bonchev–Trinajstić information content (AvgIpc) is 2.56. The van der Waals surface area contributed by atoms with E-state index in [-0.39, 0.29) is 5.56 Å². The minimum Gasteiger partial charge on any atom is -0.478 e. The molecule has 2 aromatic rings. The summed E-state index contributed by atoms with van der Waals surface area (Å²) in [5.74, 6) is -0.309. The molecule has 0 radical (unpaired) electrons. The highest BCUT2D eigenvalue weighted by molar-refractivity contribution is 6.32. The number of carboxylic acid groups (broad SMARTS) is 1. The predicted octanol–water partition coefficient (Wildman–Crippen LogP) is 1.19. The molecular weight excluding hydrogens is 230 g/mol. The van der Waals surface area contributed by atoms with Crippen LogP contribution in [0.1, 0.15) is 16.2 Å². The van der Waals surface area contributed by atoms with Gasteiger partial charge in [-0.15, -0.1) is 0 Å². The zero-order valence-electron chi connectivity index (χ0n) is 8.35. The van der Waals surface area contributed by atoms with Crippen LogP contribution in [0.2, 0.25) is 5.15 Å². The third kappa shape index (κ3) is 1.75. The molecule has 0 aliphatic carbocycles. The van der Waals surface area contributed by atoms with Crippen LogP contribution in [0.3, 0.4) is 0 Å². The summed E-state index contributed by atoms with van der Waals surface area (Å²) in [5.41, 5.74) is 6.33. The maximum absolute atomic E-state index is 10.8. The molecule has 0 aromatic carbocycles. The molecule has 0 aliphatic heterocycles. The normalized spacial score (nSPS) is 10.9. The monoisotopic (exact) mass is 239 g/mol. The van der Waals surface area contributed by atoms with E-state index in [9.17, 15) is 4.79 Å². The maximum Gasteiger partial charge on any atom is 0.337 e. The molecule has 0 unspecified atom stereocenters. The van der Waals surface area contributed by atoms with Crippen LogP contribution in [0.15, 0.2) is 18.3 Å². The molecular formula is C10H10ClN3O2. The van der Waals surface area contributed by atoms with Crippen LogP contribution in [-0.4, -0.2) is 27.0 Å². The van der Waals surface area contributed by atoms with E-state index in [0.717, 1.165) is 0 Å². The largest absolute Gasteiger partial charge is 0.478 e. The van der Waals surface area contributed by atoms with Crippen molar-refractivity contribution < 1.29 is 9.90 Å². The van der Waals surface area contributed by atoms with E-state index >= 15 is 0 Å². The van der Waals surface area contributed by atoms with Gasteiger partial charge in [-0.1, -0.05) is 11.6 Å². The Morgan fingerprint density at radius 2 is 2.31 bits per heavy atom. The van der Waals surface area contributed by atoms with Gasteiger partial charge in [0.1, 0.15) is 5.82 Å². The number of rotatable bonds is 3. The molecule has 0 atom stereocenters. The van der Waals surface area contributed by atoms with E-state index in [4.69, 9.17) is 22.4 Å². The Labute approximate surface area is 96.5 Å². The fourth-order valence-corrected chi connectivity index (χ4v) is 1.79. The topological polar surface area (TPSA) is 80.6 Å². The molecule has 2 heterocycles. The number of carbonyl (C=O) groups is 1. The van der Waals surface area contributed by atoms with Crippen LogP contribution in [0, 0.1) is 0 Å². The standard InChI is InChI=1S/C10H10ClN3O2/c11-9-7-2-1-6(10(15)16)5-14(7)8(13-9)3-4-12/h1-2,5H,3-4,12H2,(H,15,16). The Balaban J connectivity index is 2.64. The minimum absolute atomic E-state index is 0.194. The first-order chi connectivity index (χ1) is 7.63. The summed E-state index contributed by atoms with van der Waals surface area (Å²) in [6.07, 6.45) is 2.05. The maximum atomic E-state index is 10.8. The zero-order chi connectivity index (χ0) is 11.7. The van der Waals surface area contributed by atoms with E-state index in [1.165, 1.54) is 12.3 Å². The molecule has 2 rings (SSSR count). The summed E-state index contributed by atoms with van der Waals surface area (Å²) < 4.78 is 1.67. The van der Waals surface area contributed by atoms with Crippen LogP contribution >= 0.6 is 11.6 Å². The van der Waals surface area contributed by atoms with Gasteiger partial charge in [-0.2, -0.15) is 0 Å². The summed E-state index contributed by atoms with van der Waals surface area (Å²) in [5, 5.41) is 9.24. The van der Waals surface area contributed by atoms with Crippen LogP contribution in [0.5, 0.6) is 0 Å². The number of carboxylic acids is 1. The summed E-state index contributed by atoms with van der Waals surface area (Å²) >= 11 is 5.93. The van der Waals surface area contributed by atoms with Crippen molar-refractivity contribution in [2.45, 2.75) is 6.42 Å². The Kier molecular flexibility index (Phi) is 2.80. The molecule has 6 heteroatoms. The van der Waals surface area contributed by atoms with Crippen LogP contribution in [0.25, 0.3) is 5.52 Å². The van der Waals surface area contributed by atoms with Gasteiger partial charge in [-0.3, -0.25) is 0 Å². The minimum atomic E-state index is -0.981. The molecule has 2 aromatic heterocycles. The summed E-state index contributed by atoms with van der Waals surface area (Å²) in [6.45, 7) is 0.437. The van der Waals surface area contributed by atoms with Crippen molar-refractivity contribution in [1.29, 1.82) is 0 Å². The molecule has 16 heavy (non-hydrogen) atoms. The second-order valence-corrected chi connectivity index (χ2v) is 3.69. The lowest BCUT2D eigenvalue weighted by atomic mass is 10.2. The van der Waals surface area contributed by atoms with E-state index < -0.39 is 5.97 Å². The molecule has 84 valence electrons. The number of hydrogen-bond acceptors (Lipinski definition) is 3. The molecule has 0 aliphatic rings. The molecule has 0 fully saturated rings. The molecule has 0 saturated carbocycles. The lowest BCUT2D eigenvalue weighted by Crippen LogP contribution is -2.07. The fourth-order valence-electron chi connectivity index (χ4n) is 1.54. The molecule has 0 amide bonds. The van der Waals surface area contributed by atoms with Crippen LogP contribution in [-0.2, 0) is 6.42 Å². The number of fused-ring (bicyclic) bond motifs is 1. The van der Waals surface area contributed by atoms with E-state index in [2.05, 4.69) is 4.98 Å². The lowest BCUT2D eigenvalue weighted by molar-refractivity contribution is 0.0696. The predicted molar refractivity (Wildman–Crippen MR) is 59.9 cm³/mol. The Hall–Kier alpha value is -1.59. The smallest absolute Gasteiger partial charge is 0.337 e. The van der Waals surface area contributed by atoms with E-state index in [0.29, 0.717) is 29.5 Å². The van der Waals surface area contributed by atoms with Crippen molar-refractivity contribution in [2.24, 2.45) is 5.73 Å². The van der Waals surface area contributed by atoms with Gasteiger partial charge in [0.05, 0.1) is 11.1 Å². The van der Waals surface area contributed by atoms with Crippen molar-refractivity contribution in [2.75, 3.05) is 6.54 Å². The molecule has 0 saturated heterocycles. The van der Waals surface area contributed by atoms with Gasteiger partial charge < -0.3 is 15.2 Å². The number of pyridine rings is 1. The fraction of sp³-hybridized carbons (Fsp3) is 0.200. The third-order valence-electron chi connectivity index (χ3n) is 2.28. The SMILES string of the molecule is NCCc1nc(Cl)c2ccc(C(=O)O)cn12. The molecule has 0 bridgehead atoms. The van der Waals surface area contributed by atoms with Gasteiger partial charge in [-0.25, -0.2) is 9.78 Å². The van der Waals surface area contributed by atoms with Gasteiger partial charge in [0.15, 0.2) is 5.15 Å². The zero-order valence-corrected chi connectivity index (χ0v) is 9.11. The quantitative estimate of drug-likeness (QED) is 0.843. The third-order valence-corrected chi connectivity index (χ3v) is 2.56. The summed E-state index contributed by atoms with van der Waals surface area (Å²) in [4.78, 5) is 15.0. The van der Waals surface area contributed by atoms with Crippen molar-refractivity contribution in [3.63, 3.8) is 0 Å². The van der Waals surface area contributed by atoms with Crippen LogP contribution in [0.4, 0.5) is 0 Å². The summed E-state index contributed by atoms with van der Waals surface area (Å²) in [6, 6.07) is 3.14. The number of nitrogens with two attached hydrogens (primary N) is 1. The van der Waals surface area contributed by atoms with E-state index in [1.807, 2.05) is 0 Å². The highest BCUT2D eigenvalue weighted by Gasteiger charge is 2.11. The lowest BCUT2D eigenvalue weighted by Gasteiger charge is -2.00. The first-order valence-electron chi connectivity index (χ1n) is 4.73. The number of imidazole rings is 1. The first-order valence-corrected chi connectivity index (χ1v) is 5.11. The van der Waals surface area contributed by atoms with Gasteiger partial charge in [0.25, 0.3) is 0 Å². The Morgan fingerprint density at radius 3 is 2.94 bits per heavy atom. The number of hydrogen-bond donors (Lipinski definition) is 2. The number of aromatic nitrogens is 2. The number of aromatic carboxylic acids is 1. The second kappa shape index (κ2) is 4.11. The van der Waals surface area contributed by atoms with Crippen molar-refractivity contribution in [3.8, 4) is 0 Å². The molecule has 0 spiro atoms. The highest BCUT2D eigenvalue weighted by atomic mass is 35.5. The van der Waals surface area contributed by atoms with Crippen LogP contribution < -0.4 is 5.73 Å².